The molecule has 0 aromatic rings. The summed E-state index contributed by atoms with van der Waals surface area (Å²) in [6.07, 6.45) is 0.0263. The number of methoxy groups -OCH3 is 1. The van der Waals surface area contributed by atoms with Gasteiger partial charge in [-0.05, 0) is 0 Å². The van der Waals surface area contributed by atoms with E-state index in [2.05, 4.69) is 5.32 Å². The predicted molar refractivity (Wildman–Crippen MR) is 66.4 cm³/mol. The van der Waals surface area contributed by atoms with Gasteiger partial charge in [0, 0.05) is 20.1 Å². The van der Waals surface area contributed by atoms with E-state index in [-0.39, 0.29) is 13.0 Å². The van der Waals surface area contributed by atoms with E-state index in [4.69, 9.17) is 21.3 Å². The number of ether oxygens (including phenoxy) is 1. The molecule has 0 saturated carbocycles. The summed E-state index contributed by atoms with van der Waals surface area (Å²) in [7, 11) is 1.38. The molecule has 0 rings (SSSR count). The van der Waals surface area contributed by atoms with E-state index >= 15 is 0 Å². The van der Waals surface area contributed by atoms with Gasteiger partial charge in [0.15, 0.2) is 0 Å². The van der Waals surface area contributed by atoms with Gasteiger partial charge in [-0.15, -0.1) is 0 Å². The quantitative estimate of drug-likeness (QED) is 0.365. The number of urea groups is 1. The minimum absolute atomic E-state index is 0.0263. The molecule has 0 heterocycles. The molecule has 0 bridgehead atoms. The number of aliphatic carboxylic acids is 1. The van der Waals surface area contributed by atoms with E-state index in [0.717, 1.165) is 4.90 Å². The van der Waals surface area contributed by atoms with E-state index in [1.54, 1.807) is 0 Å². The molecule has 0 aromatic carbocycles. The predicted octanol–water partition coefficient (Wildman–Crippen LogP) is -2.54. The molecule has 10 nitrogen and oxygen atoms in total. The first-order valence-electron chi connectivity index (χ1n) is 5.61. The molecule has 10 heteroatoms. The van der Waals surface area contributed by atoms with E-state index in [1.165, 1.54) is 7.11 Å². The Labute approximate surface area is 115 Å². The number of amides is 4. The van der Waals surface area contributed by atoms with E-state index in [1.807, 2.05) is 0 Å². The lowest BCUT2D eigenvalue weighted by Crippen LogP contribution is -2.52. The van der Waals surface area contributed by atoms with Crippen LogP contribution in [0.5, 0.6) is 0 Å². The molecular formula is C10H18N4O6. The first kappa shape index (κ1) is 17.6. The fourth-order valence-corrected chi connectivity index (χ4v) is 1.31. The SMILES string of the molecule is COCCC(NC(=O)N(CC(N)=O)CC(N)=O)C(=O)O. The topological polar surface area (TPSA) is 165 Å². The minimum Gasteiger partial charge on any atom is -0.480 e. The number of nitrogens with two attached hydrogens (primary N) is 2. The van der Waals surface area contributed by atoms with Crippen LogP contribution < -0.4 is 16.8 Å². The van der Waals surface area contributed by atoms with Crippen LogP contribution in [0.3, 0.4) is 0 Å². The molecule has 1 atom stereocenters. The zero-order valence-electron chi connectivity index (χ0n) is 11.0. The average Bonchev–Trinajstić information content (AvgIpc) is 2.31. The fourth-order valence-electron chi connectivity index (χ4n) is 1.31. The van der Waals surface area contributed by atoms with Crippen molar-refractivity contribution >= 4 is 23.8 Å². The summed E-state index contributed by atoms with van der Waals surface area (Å²) in [6, 6.07) is -2.14. The molecule has 0 aliphatic rings. The van der Waals surface area contributed by atoms with Gasteiger partial charge in [-0.1, -0.05) is 0 Å². The van der Waals surface area contributed by atoms with Crippen LogP contribution in [0.25, 0.3) is 0 Å². The third-order valence-electron chi connectivity index (χ3n) is 2.19. The molecule has 0 aliphatic heterocycles. The van der Waals surface area contributed by atoms with Gasteiger partial charge < -0.3 is 31.5 Å². The number of carbonyl (C=O) groups excluding carboxylic acids is 3. The molecule has 0 saturated heterocycles. The highest BCUT2D eigenvalue weighted by molar-refractivity contribution is 5.89. The smallest absolute Gasteiger partial charge is 0.326 e. The molecule has 4 amide bonds. The number of carbonyl (C=O) groups is 4. The Hall–Kier alpha value is -2.36. The second kappa shape index (κ2) is 8.69. The minimum atomic E-state index is -1.27. The fraction of sp³-hybridized carbons (Fsp3) is 0.600. The van der Waals surface area contributed by atoms with Crippen LogP contribution in [-0.4, -0.2) is 66.7 Å². The summed E-state index contributed by atoms with van der Waals surface area (Å²) < 4.78 is 4.72. The van der Waals surface area contributed by atoms with E-state index < -0.39 is 42.9 Å². The van der Waals surface area contributed by atoms with Crippen LogP contribution in [0.4, 0.5) is 4.79 Å². The van der Waals surface area contributed by atoms with Crippen molar-refractivity contribution in [3.63, 3.8) is 0 Å². The molecule has 20 heavy (non-hydrogen) atoms. The van der Waals surface area contributed by atoms with Gasteiger partial charge >= 0.3 is 12.0 Å². The van der Waals surface area contributed by atoms with Crippen molar-refractivity contribution in [1.29, 1.82) is 0 Å². The number of hydrogen-bond acceptors (Lipinski definition) is 5. The number of rotatable bonds is 9. The molecular weight excluding hydrogens is 272 g/mol. The summed E-state index contributed by atoms with van der Waals surface area (Å²) in [6.45, 7) is -0.986. The molecule has 0 spiro atoms. The highest BCUT2D eigenvalue weighted by Gasteiger charge is 2.24. The van der Waals surface area contributed by atoms with Gasteiger partial charge in [0.25, 0.3) is 0 Å². The van der Waals surface area contributed by atoms with Crippen molar-refractivity contribution < 1.29 is 29.0 Å². The van der Waals surface area contributed by atoms with Crippen molar-refractivity contribution in [2.24, 2.45) is 11.5 Å². The van der Waals surface area contributed by atoms with Crippen molar-refractivity contribution in [3.05, 3.63) is 0 Å². The Morgan fingerprint density at radius 2 is 1.70 bits per heavy atom. The van der Waals surface area contributed by atoms with Crippen LogP contribution in [-0.2, 0) is 19.1 Å². The third kappa shape index (κ3) is 7.16. The van der Waals surface area contributed by atoms with Gasteiger partial charge in [0.05, 0.1) is 0 Å². The summed E-state index contributed by atoms with van der Waals surface area (Å²) in [5.41, 5.74) is 9.86. The van der Waals surface area contributed by atoms with Gasteiger partial charge in [-0.2, -0.15) is 0 Å². The Balaban J connectivity index is 4.72. The third-order valence-corrected chi connectivity index (χ3v) is 2.19. The van der Waals surface area contributed by atoms with Crippen LogP contribution in [0.1, 0.15) is 6.42 Å². The summed E-state index contributed by atoms with van der Waals surface area (Å²) in [4.78, 5) is 45.1. The van der Waals surface area contributed by atoms with Gasteiger partial charge in [-0.3, -0.25) is 9.59 Å². The number of nitrogens with one attached hydrogen (secondary N) is 1. The van der Waals surface area contributed by atoms with Crippen molar-refractivity contribution in [2.45, 2.75) is 12.5 Å². The maximum absolute atomic E-state index is 11.8. The van der Waals surface area contributed by atoms with E-state index in [0.29, 0.717) is 0 Å². The largest absolute Gasteiger partial charge is 0.480 e. The summed E-state index contributed by atoms with van der Waals surface area (Å²) in [5.74, 6) is -2.98. The zero-order chi connectivity index (χ0) is 15.7. The van der Waals surface area contributed by atoms with Crippen molar-refractivity contribution in [2.75, 3.05) is 26.8 Å². The van der Waals surface area contributed by atoms with Gasteiger partial charge in [-0.25, -0.2) is 9.59 Å². The number of nitrogens with zero attached hydrogens (tertiary/aromatic N) is 1. The van der Waals surface area contributed by atoms with Gasteiger partial charge in [0.1, 0.15) is 19.1 Å². The number of carboxylic acid groups (broad SMARTS) is 1. The normalized spacial score (nSPS) is 11.4. The molecule has 0 aromatic heterocycles. The number of hydrogen-bond donors (Lipinski definition) is 4. The Bertz CT molecular complexity index is 370. The average molecular weight is 290 g/mol. The first-order chi connectivity index (χ1) is 9.27. The van der Waals surface area contributed by atoms with Crippen molar-refractivity contribution in [3.8, 4) is 0 Å². The monoisotopic (exact) mass is 290 g/mol. The lowest BCUT2D eigenvalue weighted by Gasteiger charge is -2.22. The maximum Gasteiger partial charge on any atom is 0.326 e. The molecule has 1 unspecified atom stereocenters. The van der Waals surface area contributed by atoms with Crippen LogP contribution in [0.2, 0.25) is 0 Å². The summed E-state index contributed by atoms with van der Waals surface area (Å²) >= 11 is 0. The first-order valence-corrected chi connectivity index (χ1v) is 5.61. The highest BCUT2D eigenvalue weighted by Crippen LogP contribution is 1.97. The Morgan fingerprint density at radius 1 is 1.20 bits per heavy atom. The molecule has 6 N–H and O–H groups in total. The summed E-state index contributed by atoms with van der Waals surface area (Å²) in [5, 5.41) is 11.1. The van der Waals surface area contributed by atoms with Crippen LogP contribution in [0, 0.1) is 0 Å². The van der Waals surface area contributed by atoms with Crippen LogP contribution in [0.15, 0.2) is 0 Å². The van der Waals surface area contributed by atoms with Crippen molar-refractivity contribution in [1.82, 2.24) is 10.2 Å². The number of primary amides is 2. The molecule has 0 fully saturated rings. The molecule has 114 valence electrons. The standard InChI is InChI=1S/C10H18N4O6/c1-20-3-2-6(9(17)18)13-10(19)14(4-7(11)15)5-8(12)16/h6H,2-5H2,1H3,(H2,11,15)(H2,12,16)(H,13,19)(H,17,18). The number of carboxylic acids is 1. The molecule has 0 aliphatic carbocycles. The lowest BCUT2D eigenvalue weighted by atomic mass is 10.2. The Morgan fingerprint density at radius 3 is 2.05 bits per heavy atom. The highest BCUT2D eigenvalue weighted by atomic mass is 16.5. The van der Waals surface area contributed by atoms with Crippen LogP contribution >= 0.6 is 0 Å². The maximum atomic E-state index is 11.8. The lowest BCUT2D eigenvalue weighted by molar-refractivity contribution is -0.139. The Kier molecular flexibility index (Phi) is 7.67. The van der Waals surface area contributed by atoms with E-state index in [9.17, 15) is 19.2 Å². The second-order valence-electron chi connectivity index (χ2n) is 3.91. The van der Waals surface area contributed by atoms with Gasteiger partial charge in [0.2, 0.25) is 11.8 Å². The zero-order valence-corrected chi connectivity index (χ0v) is 11.0. The second-order valence-corrected chi connectivity index (χ2v) is 3.91. The molecule has 0 radical (unpaired) electrons.